The molecule has 7 nitrogen and oxygen atoms in total. The average Bonchev–Trinajstić information content (AvgIpc) is 3.12. The van der Waals surface area contributed by atoms with Crippen LogP contribution in [0.25, 0.3) is 0 Å². The zero-order chi connectivity index (χ0) is 18.7. The van der Waals surface area contributed by atoms with Crippen LogP contribution in [0.5, 0.6) is 5.75 Å². The second-order valence-electron chi connectivity index (χ2n) is 5.58. The molecule has 3 rings (SSSR count). The van der Waals surface area contributed by atoms with Crippen molar-refractivity contribution in [3.63, 3.8) is 0 Å². The van der Waals surface area contributed by atoms with Gasteiger partial charge in [0.15, 0.2) is 0 Å². The van der Waals surface area contributed by atoms with Crippen molar-refractivity contribution < 1.29 is 23.1 Å². The summed E-state index contributed by atoms with van der Waals surface area (Å²) in [6, 6.07) is 7.81. The van der Waals surface area contributed by atoms with E-state index in [1.165, 1.54) is 16.4 Å². The molecule has 1 aromatic heterocycles. The molecule has 0 bridgehead atoms. The Bertz CT molecular complexity index is 907. The van der Waals surface area contributed by atoms with E-state index in [1.54, 1.807) is 18.2 Å². The molecule has 0 atom stereocenters. The molecule has 0 spiro atoms. The SMILES string of the molecule is O=C(NCc1ccc(S(=O)(=O)N2CCOCC2)s1)c1cc(Br)ccc1O. The van der Waals surface area contributed by atoms with Crippen molar-refractivity contribution in [2.45, 2.75) is 10.8 Å². The Hall–Kier alpha value is -1.46. The average molecular weight is 461 g/mol. The monoisotopic (exact) mass is 460 g/mol. The van der Waals surface area contributed by atoms with Crippen LogP contribution in [0.15, 0.2) is 39.0 Å². The first-order valence-corrected chi connectivity index (χ1v) is 10.9. The van der Waals surface area contributed by atoms with E-state index in [4.69, 9.17) is 4.74 Å². The lowest BCUT2D eigenvalue weighted by Gasteiger charge is -2.25. The van der Waals surface area contributed by atoms with Gasteiger partial charge in [0.2, 0.25) is 0 Å². The summed E-state index contributed by atoms with van der Waals surface area (Å²) < 4.78 is 32.7. The summed E-state index contributed by atoms with van der Waals surface area (Å²) in [5.74, 6) is -0.553. The largest absolute Gasteiger partial charge is 0.507 e. The third kappa shape index (κ3) is 4.26. The predicted octanol–water partition coefficient (Wildman–Crippen LogP) is 2.17. The summed E-state index contributed by atoms with van der Waals surface area (Å²) >= 11 is 4.38. The molecule has 0 radical (unpaired) electrons. The van der Waals surface area contributed by atoms with Crippen molar-refractivity contribution in [1.29, 1.82) is 0 Å². The van der Waals surface area contributed by atoms with Gasteiger partial charge in [-0.15, -0.1) is 11.3 Å². The molecule has 10 heteroatoms. The van der Waals surface area contributed by atoms with E-state index in [2.05, 4.69) is 21.2 Å². The number of nitrogens with one attached hydrogen (secondary N) is 1. The number of ether oxygens (including phenoxy) is 1. The Morgan fingerprint density at radius 3 is 2.73 bits per heavy atom. The van der Waals surface area contributed by atoms with Crippen LogP contribution in [0.1, 0.15) is 15.2 Å². The van der Waals surface area contributed by atoms with Crippen LogP contribution in [-0.2, 0) is 21.3 Å². The summed E-state index contributed by atoms with van der Waals surface area (Å²) in [4.78, 5) is 12.9. The number of phenols is 1. The third-order valence-corrected chi connectivity index (χ3v) is 7.77. The van der Waals surface area contributed by atoms with Crippen molar-refractivity contribution in [3.05, 3.63) is 45.2 Å². The Kier molecular flexibility index (Phi) is 5.98. The number of carbonyl (C=O) groups is 1. The highest BCUT2D eigenvalue weighted by Gasteiger charge is 2.27. The Morgan fingerprint density at radius 1 is 1.27 bits per heavy atom. The first kappa shape index (κ1) is 19.3. The van der Waals surface area contributed by atoms with Crippen molar-refractivity contribution in [2.75, 3.05) is 26.3 Å². The smallest absolute Gasteiger partial charge is 0.255 e. The van der Waals surface area contributed by atoms with Crippen LogP contribution in [0.2, 0.25) is 0 Å². The molecular weight excluding hydrogens is 444 g/mol. The number of nitrogens with zero attached hydrogens (tertiary/aromatic N) is 1. The number of thiophene rings is 1. The van der Waals surface area contributed by atoms with Gasteiger partial charge in [0.1, 0.15) is 9.96 Å². The number of hydrogen-bond donors (Lipinski definition) is 2. The highest BCUT2D eigenvalue weighted by molar-refractivity contribution is 9.10. The van der Waals surface area contributed by atoms with E-state index in [-0.39, 0.29) is 22.1 Å². The van der Waals surface area contributed by atoms with Gasteiger partial charge >= 0.3 is 0 Å². The number of phenolic OH excluding ortho intramolecular Hbond substituents is 1. The van der Waals surface area contributed by atoms with Gasteiger partial charge in [-0.05, 0) is 30.3 Å². The van der Waals surface area contributed by atoms with E-state index in [9.17, 15) is 18.3 Å². The van der Waals surface area contributed by atoms with Gasteiger partial charge in [0.25, 0.3) is 15.9 Å². The molecule has 2 heterocycles. The molecule has 1 amide bonds. The minimum absolute atomic E-state index is 0.118. The van der Waals surface area contributed by atoms with Crippen LogP contribution in [-0.4, -0.2) is 50.0 Å². The van der Waals surface area contributed by atoms with E-state index in [0.29, 0.717) is 35.7 Å². The second kappa shape index (κ2) is 8.05. The molecule has 0 unspecified atom stereocenters. The number of hydrogen-bond acceptors (Lipinski definition) is 6. The van der Waals surface area contributed by atoms with Gasteiger partial charge in [-0.1, -0.05) is 15.9 Å². The number of carbonyl (C=O) groups excluding carboxylic acids is 1. The minimum Gasteiger partial charge on any atom is -0.507 e. The van der Waals surface area contributed by atoms with Crippen LogP contribution in [0, 0.1) is 0 Å². The fourth-order valence-electron chi connectivity index (χ4n) is 2.46. The summed E-state index contributed by atoms with van der Waals surface area (Å²) in [5.41, 5.74) is 0.150. The molecule has 0 saturated carbocycles. The molecule has 26 heavy (non-hydrogen) atoms. The third-order valence-electron chi connectivity index (χ3n) is 3.83. The lowest BCUT2D eigenvalue weighted by Crippen LogP contribution is -2.40. The predicted molar refractivity (Wildman–Crippen MR) is 101 cm³/mol. The molecule has 1 aromatic carbocycles. The van der Waals surface area contributed by atoms with Crippen LogP contribution in [0.3, 0.4) is 0 Å². The molecule has 1 fully saturated rings. The summed E-state index contributed by atoms with van der Waals surface area (Å²) in [6.07, 6.45) is 0. The van der Waals surface area contributed by atoms with Gasteiger partial charge < -0.3 is 15.2 Å². The first-order valence-electron chi connectivity index (χ1n) is 7.81. The van der Waals surface area contributed by atoms with Crippen LogP contribution in [0.4, 0.5) is 0 Å². The molecular formula is C16H17BrN2O5S2. The number of sulfonamides is 1. The van der Waals surface area contributed by atoms with Crippen molar-refractivity contribution in [1.82, 2.24) is 9.62 Å². The maximum Gasteiger partial charge on any atom is 0.255 e. The zero-order valence-electron chi connectivity index (χ0n) is 13.6. The molecule has 0 aliphatic carbocycles. The summed E-state index contributed by atoms with van der Waals surface area (Å²) in [5, 5.41) is 12.5. The van der Waals surface area contributed by atoms with Gasteiger partial charge in [0.05, 0.1) is 25.3 Å². The molecule has 2 N–H and O–H groups in total. The van der Waals surface area contributed by atoms with E-state index >= 15 is 0 Å². The highest BCUT2D eigenvalue weighted by atomic mass is 79.9. The Balaban J connectivity index is 1.67. The van der Waals surface area contributed by atoms with Gasteiger partial charge in [-0.3, -0.25) is 4.79 Å². The number of aromatic hydroxyl groups is 1. The minimum atomic E-state index is -3.53. The van der Waals surface area contributed by atoms with E-state index in [1.807, 2.05) is 0 Å². The Morgan fingerprint density at radius 2 is 2.00 bits per heavy atom. The van der Waals surface area contributed by atoms with Crippen LogP contribution >= 0.6 is 27.3 Å². The number of rotatable bonds is 5. The van der Waals surface area contributed by atoms with E-state index in [0.717, 1.165) is 11.3 Å². The van der Waals surface area contributed by atoms with Crippen molar-refractivity contribution in [2.24, 2.45) is 0 Å². The quantitative estimate of drug-likeness (QED) is 0.712. The number of amides is 1. The molecule has 140 valence electrons. The standard InChI is InChI=1S/C16H17BrN2O5S2/c17-11-1-3-14(20)13(9-11)16(21)18-10-12-2-4-15(25-12)26(22,23)19-5-7-24-8-6-19/h1-4,9,20H,5-8,10H2,(H,18,21). The molecule has 1 aliphatic heterocycles. The fourth-order valence-corrected chi connectivity index (χ4v) is 5.68. The van der Waals surface area contributed by atoms with E-state index < -0.39 is 15.9 Å². The molecule has 1 saturated heterocycles. The lowest BCUT2D eigenvalue weighted by atomic mass is 10.2. The zero-order valence-corrected chi connectivity index (χ0v) is 16.9. The van der Waals surface area contributed by atoms with Gasteiger partial charge in [0, 0.05) is 22.4 Å². The fraction of sp³-hybridized carbons (Fsp3) is 0.312. The lowest BCUT2D eigenvalue weighted by molar-refractivity contribution is 0.0731. The first-order chi connectivity index (χ1) is 12.4. The maximum absolute atomic E-state index is 12.6. The Labute approximate surface area is 163 Å². The van der Waals surface area contributed by atoms with Gasteiger partial charge in [-0.2, -0.15) is 4.31 Å². The van der Waals surface area contributed by atoms with Crippen molar-refractivity contribution >= 4 is 43.2 Å². The topological polar surface area (TPSA) is 95.9 Å². The van der Waals surface area contributed by atoms with Crippen molar-refractivity contribution in [3.8, 4) is 5.75 Å². The summed E-state index contributed by atoms with van der Waals surface area (Å²) in [6.45, 7) is 1.64. The number of benzene rings is 1. The summed E-state index contributed by atoms with van der Waals surface area (Å²) in [7, 11) is -3.53. The molecule has 1 aliphatic rings. The normalized spacial score (nSPS) is 15.7. The second-order valence-corrected chi connectivity index (χ2v) is 9.83. The van der Waals surface area contributed by atoms with Gasteiger partial charge in [-0.25, -0.2) is 8.42 Å². The highest BCUT2D eigenvalue weighted by Crippen LogP contribution is 2.26. The van der Waals surface area contributed by atoms with Crippen LogP contribution < -0.4 is 5.32 Å². The molecule has 2 aromatic rings. The number of halogens is 1. The number of morpholine rings is 1. The maximum atomic E-state index is 12.6.